The lowest BCUT2D eigenvalue weighted by Crippen LogP contribution is -2.30. The van der Waals surface area contributed by atoms with E-state index in [2.05, 4.69) is 37.4 Å². The first-order valence-electron chi connectivity index (χ1n) is 12.7. The molecule has 0 aromatic heterocycles. The molecule has 1 N–H and O–H groups in total. The molecule has 1 atom stereocenters. The summed E-state index contributed by atoms with van der Waals surface area (Å²) in [5.41, 5.74) is 4.31. The lowest BCUT2D eigenvalue weighted by atomic mass is 10.00. The Morgan fingerprint density at radius 1 is 1.11 bits per heavy atom. The molecule has 194 valence electrons. The van der Waals surface area contributed by atoms with Crippen molar-refractivity contribution in [2.45, 2.75) is 45.3 Å². The van der Waals surface area contributed by atoms with E-state index in [4.69, 9.17) is 4.74 Å². The summed E-state index contributed by atoms with van der Waals surface area (Å²) in [6.07, 6.45) is 0.483. The van der Waals surface area contributed by atoms with Crippen LogP contribution in [0.2, 0.25) is 0 Å². The van der Waals surface area contributed by atoms with Crippen molar-refractivity contribution in [3.8, 4) is 11.8 Å². The monoisotopic (exact) mass is 525 g/mol. The van der Waals surface area contributed by atoms with E-state index in [1.807, 2.05) is 44.2 Å². The second-order valence-electron chi connectivity index (χ2n) is 9.42. The lowest BCUT2D eigenvalue weighted by Gasteiger charge is -2.19. The zero-order chi connectivity index (χ0) is 27.2. The fourth-order valence-corrected chi connectivity index (χ4v) is 5.56. The van der Waals surface area contributed by atoms with Crippen LogP contribution in [-0.4, -0.2) is 23.7 Å². The summed E-state index contributed by atoms with van der Waals surface area (Å²) in [7, 11) is 0. The number of carbonyl (C=O) groups is 2. The molecule has 0 saturated carbocycles. The first-order chi connectivity index (χ1) is 18.3. The largest absolute Gasteiger partial charge is 0.494 e. The number of nitrogens with one attached hydrogen (secondary N) is 1. The highest BCUT2D eigenvalue weighted by atomic mass is 32.2. The molecule has 38 heavy (non-hydrogen) atoms. The van der Waals surface area contributed by atoms with Gasteiger partial charge in [0.1, 0.15) is 22.4 Å². The molecule has 1 unspecified atom stereocenters. The van der Waals surface area contributed by atoms with Gasteiger partial charge in [0.15, 0.2) is 0 Å². The third-order valence-electron chi connectivity index (χ3n) is 6.25. The van der Waals surface area contributed by atoms with Crippen LogP contribution >= 0.6 is 11.8 Å². The van der Waals surface area contributed by atoms with Crippen LogP contribution < -0.4 is 15.0 Å². The maximum absolute atomic E-state index is 13.8. The van der Waals surface area contributed by atoms with Crippen molar-refractivity contribution in [1.82, 2.24) is 0 Å². The molecule has 0 bridgehead atoms. The van der Waals surface area contributed by atoms with Gasteiger partial charge < -0.3 is 10.1 Å². The van der Waals surface area contributed by atoms with Gasteiger partial charge in [-0.2, -0.15) is 5.26 Å². The molecule has 0 spiro atoms. The van der Waals surface area contributed by atoms with E-state index in [0.717, 1.165) is 11.1 Å². The maximum Gasteiger partial charge on any atom is 0.269 e. The summed E-state index contributed by atoms with van der Waals surface area (Å²) in [5.74, 6) is 0.381. The molecule has 1 fully saturated rings. The fourth-order valence-electron chi connectivity index (χ4n) is 4.25. The average Bonchev–Trinajstić information content (AvgIpc) is 3.20. The number of benzene rings is 3. The molecule has 0 radical (unpaired) electrons. The average molecular weight is 526 g/mol. The summed E-state index contributed by atoms with van der Waals surface area (Å²) < 4.78 is 5.55. The third-order valence-corrected chi connectivity index (χ3v) is 7.52. The Labute approximate surface area is 228 Å². The highest BCUT2D eigenvalue weighted by Crippen LogP contribution is 2.42. The molecule has 3 aromatic rings. The SMILES string of the molecule is CCOc1ccc(N2C(=O)C(Cc3ccc(C(C)C)cc3)S/C2=C(/C#N)C(=O)Nc2cccc(C)c2)cc1. The van der Waals surface area contributed by atoms with Gasteiger partial charge in [0.05, 0.1) is 11.9 Å². The quantitative estimate of drug-likeness (QED) is 0.265. The maximum atomic E-state index is 13.8. The number of thioether (sulfide) groups is 1. The van der Waals surface area contributed by atoms with Crippen molar-refractivity contribution in [2.24, 2.45) is 0 Å². The van der Waals surface area contributed by atoms with Crippen molar-refractivity contribution in [3.05, 3.63) is 100 Å². The van der Waals surface area contributed by atoms with Gasteiger partial charge >= 0.3 is 0 Å². The van der Waals surface area contributed by atoms with Gasteiger partial charge in [-0.25, -0.2) is 0 Å². The van der Waals surface area contributed by atoms with Crippen molar-refractivity contribution < 1.29 is 14.3 Å². The molecule has 4 rings (SSSR count). The molecule has 1 heterocycles. The van der Waals surface area contributed by atoms with Crippen molar-refractivity contribution >= 4 is 35.0 Å². The van der Waals surface area contributed by atoms with E-state index in [0.29, 0.717) is 41.1 Å². The minimum atomic E-state index is -0.550. The predicted molar refractivity (Wildman–Crippen MR) is 153 cm³/mol. The number of ether oxygens (including phenoxy) is 1. The standard InChI is InChI=1S/C31H31N3O3S/c1-5-37-26-15-13-25(14-16-26)34-30(36)28(18-22-9-11-23(12-10-22)20(2)3)38-31(34)27(19-32)29(35)33-24-8-6-7-21(4)17-24/h6-17,20,28H,5,18H2,1-4H3,(H,33,35)/b31-27-. The van der Waals surface area contributed by atoms with Crippen LogP contribution in [0.15, 0.2) is 83.4 Å². The molecule has 3 aromatic carbocycles. The van der Waals surface area contributed by atoms with E-state index in [1.165, 1.54) is 22.2 Å². The molecular weight excluding hydrogens is 494 g/mol. The Bertz CT molecular complexity index is 1390. The van der Waals surface area contributed by atoms with Crippen LogP contribution in [0.5, 0.6) is 5.75 Å². The molecule has 7 heteroatoms. The number of carbonyl (C=O) groups excluding carboxylic acids is 2. The number of nitriles is 1. The van der Waals surface area contributed by atoms with E-state index in [1.54, 1.807) is 30.3 Å². The molecular formula is C31H31N3O3S. The van der Waals surface area contributed by atoms with Crippen molar-refractivity contribution in [1.29, 1.82) is 5.26 Å². The van der Waals surface area contributed by atoms with Crippen LogP contribution in [-0.2, 0) is 16.0 Å². The molecule has 2 amide bonds. The molecule has 0 aliphatic carbocycles. The molecule has 1 saturated heterocycles. The lowest BCUT2D eigenvalue weighted by molar-refractivity contribution is -0.117. The van der Waals surface area contributed by atoms with E-state index in [9.17, 15) is 14.9 Å². The van der Waals surface area contributed by atoms with Gasteiger partial charge in [-0.05, 0) is 79.3 Å². The van der Waals surface area contributed by atoms with Crippen LogP contribution in [0.4, 0.5) is 11.4 Å². The smallest absolute Gasteiger partial charge is 0.269 e. The Kier molecular flexibility index (Phi) is 8.55. The number of aryl methyl sites for hydroxylation is 1. The Balaban J connectivity index is 1.69. The van der Waals surface area contributed by atoms with Crippen molar-refractivity contribution in [2.75, 3.05) is 16.8 Å². The Hall–Kier alpha value is -4.02. The zero-order valence-electron chi connectivity index (χ0n) is 22.0. The second kappa shape index (κ2) is 12.0. The predicted octanol–water partition coefficient (Wildman–Crippen LogP) is 6.58. The van der Waals surface area contributed by atoms with E-state index in [-0.39, 0.29) is 11.5 Å². The summed E-state index contributed by atoms with van der Waals surface area (Å²) in [5, 5.41) is 12.7. The van der Waals surface area contributed by atoms with E-state index >= 15 is 0 Å². The Morgan fingerprint density at radius 2 is 1.82 bits per heavy atom. The highest BCUT2D eigenvalue weighted by molar-refractivity contribution is 8.05. The number of rotatable bonds is 8. The summed E-state index contributed by atoms with van der Waals surface area (Å²) in [4.78, 5) is 28.5. The van der Waals surface area contributed by atoms with Crippen LogP contribution in [0.1, 0.15) is 43.4 Å². The minimum Gasteiger partial charge on any atom is -0.494 e. The van der Waals surface area contributed by atoms with Crippen molar-refractivity contribution in [3.63, 3.8) is 0 Å². The van der Waals surface area contributed by atoms with Gasteiger partial charge in [-0.3, -0.25) is 14.5 Å². The molecule has 1 aliphatic rings. The van der Waals surface area contributed by atoms with Gasteiger partial charge in [0, 0.05) is 11.4 Å². The normalized spacial score (nSPS) is 16.4. The second-order valence-corrected chi connectivity index (χ2v) is 10.6. The van der Waals surface area contributed by atoms with Gasteiger partial charge in [-0.1, -0.05) is 62.0 Å². The first kappa shape index (κ1) is 27.0. The fraction of sp³-hybridized carbons (Fsp3) is 0.258. The number of anilines is 2. The number of hydrogen-bond donors (Lipinski definition) is 1. The highest BCUT2D eigenvalue weighted by Gasteiger charge is 2.40. The summed E-state index contributed by atoms with van der Waals surface area (Å²) in [6, 6.07) is 24.8. The first-order valence-corrected chi connectivity index (χ1v) is 13.5. The number of amides is 2. The van der Waals surface area contributed by atoms with Crippen LogP contribution in [0.3, 0.4) is 0 Å². The summed E-state index contributed by atoms with van der Waals surface area (Å²) in [6.45, 7) is 8.64. The number of nitrogens with zero attached hydrogens (tertiary/aromatic N) is 2. The number of hydrogen-bond acceptors (Lipinski definition) is 5. The van der Waals surface area contributed by atoms with Gasteiger partial charge in [0.25, 0.3) is 5.91 Å². The van der Waals surface area contributed by atoms with Gasteiger partial charge in [-0.15, -0.1) is 0 Å². The van der Waals surface area contributed by atoms with Gasteiger partial charge in [0.2, 0.25) is 5.91 Å². The molecule has 1 aliphatic heterocycles. The van der Waals surface area contributed by atoms with Crippen LogP contribution in [0, 0.1) is 18.3 Å². The summed E-state index contributed by atoms with van der Waals surface area (Å²) >= 11 is 1.26. The Morgan fingerprint density at radius 3 is 2.42 bits per heavy atom. The van der Waals surface area contributed by atoms with Crippen LogP contribution in [0.25, 0.3) is 0 Å². The zero-order valence-corrected chi connectivity index (χ0v) is 22.8. The topological polar surface area (TPSA) is 82.4 Å². The van der Waals surface area contributed by atoms with E-state index < -0.39 is 11.2 Å². The molecule has 6 nitrogen and oxygen atoms in total. The third kappa shape index (κ3) is 6.09. The minimum absolute atomic E-state index is 0.101.